The van der Waals surface area contributed by atoms with E-state index in [-0.39, 0.29) is 0 Å². The van der Waals surface area contributed by atoms with Gasteiger partial charge in [0, 0.05) is 0 Å². The van der Waals surface area contributed by atoms with Gasteiger partial charge >= 0.3 is 0 Å². The van der Waals surface area contributed by atoms with E-state index in [1.165, 1.54) is 0 Å². The minimum atomic E-state index is 0.760. The van der Waals surface area contributed by atoms with E-state index >= 15 is 0 Å². The second kappa shape index (κ2) is 2.58. The average Bonchev–Trinajstić information content (AvgIpc) is 1.90. The number of hydrogen-bond donors (Lipinski definition) is 0. The van der Waals surface area contributed by atoms with Crippen LogP contribution in [0.15, 0.2) is 24.3 Å². The number of rotatable bonds is 1. The van der Waals surface area contributed by atoms with Crippen molar-refractivity contribution in [2.45, 2.75) is 0 Å². The minimum absolute atomic E-state index is 0.760. The second-order valence-corrected chi connectivity index (χ2v) is 1.77. The molecule has 0 unspecified atom stereocenters. The van der Waals surface area contributed by atoms with E-state index in [0.717, 1.165) is 11.2 Å². The molecule has 9 heavy (non-hydrogen) atoms. The Bertz CT molecular complexity index is 181. The molecule has 0 aliphatic heterocycles. The van der Waals surface area contributed by atoms with E-state index in [0.29, 0.717) is 0 Å². The molecule has 0 saturated carbocycles. The van der Waals surface area contributed by atoms with Crippen molar-refractivity contribution < 1.29 is 4.74 Å². The number of benzene rings is 1. The fourth-order valence-corrected chi connectivity index (χ4v) is 0.604. The van der Waals surface area contributed by atoms with Crippen LogP contribution < -0.4 is 10.2 Å². The zero-order valence-corrected chi connectivity index (χ0v) is 5.29. The largest absolute Gasteiger partial charge is 0.497 e. The molecule has 1 nitrogen and oxygen atoms in total. The zero-order valence-electron chi connectivity index (χ0n) is 5.29. The molecule has 2 heteroatoms. The molecule has 0 bridgehead atoms. The quantitative estimate of drug-likeness (QED) is 0.487. The molecule has 0 amide bonds. The van der Waals surface area contributed by atoms with Crippen molar-refractivity contribution in [3.63, 3.8) is 0 Å². The lowest BCUT2D eigenvalue weighted by Gasteiger charge is -1.97. The van der Waals surface area contributed by atoms with Gasteiger partial charge in [-0.05, 0) is 12.1 Å². The lowest BCUT2D eigenvalue weighted by Crippen LogP contribution is -1.99. The fraction of sp³-hybridized carbons (Fsp3) is 0.143. The fourth-order valence-electron chi connectivity index (χ4n) is 0.604. The van der Waals surface area contributed by atoms with Crippen molar-refractivity contribution in [3.05, 3.63) is 24.3 Å². The van der Waals surface area contributed by atoms with E-state index in [9.17, 15) is 0 Å². The van der Waals surface area contributed by atoms with Crippen LogP contribution in [0.2, 0.25) is 0 Å². The van der Waals surface area contributed by atoms with Crippen molar-refractivity contribution in [3.8, 4) is 5.75 Å². The maximum absolute atomic E-state index is 5.43. The standard InChI is InChI=1S/C7H7BO/c1-9-7-4-2-6(8)3-5-7/h2-5H,1H3. The van der Waals surface area contributed by atoms with Crippen LogP contribution in [0.25, 0.3) is 0 Å². The van der Waals surface area contributed by atoms with Gasteiger partial charge in [0.25, 0.3) is 0 Å². The summed E-state index contributed by atoms with van der Waals surface area (Å²) in [5, 5.41) is 0. The third-order valence-corrected chi connectivity index (χ3v) is 1.12. The smallest absolute Gasteiger partial charge is 0.118 e. The van der Waals surface area contributed by atoms with Gasteiger partial charge in [0.05, 0.1) is 7.11 Å². The molecule has 0 aliphatic carbocycles. The molecule has 1 aromatic carbocycles. The third kappa shape index (κ3) is 1.49. The first-order valence-corrected chi connectivity index (χ1v) is 2.72. The molecule has 0 atom stereocenters. The molecule has 0 saturated heterocycles. The van der Waals surface area contributed by atoms with Crippen molar-refractivity contribution in [2.75, 3.05) is 7.11 Å². The van der Waals surface area contributed by atoms with Crippen LogP contribution in [-0.4, -0.2) is 15.0 Å². The van der Waals surface area contributed by atoms with Gasteiger partial charge in [-0.25, -0.2) is 0 Å². The SMILES string of the molecule is [B]c1ccc(OC)cc1. The molecule has 1 rings (SSSR count). The van der Waals surface area contributed by atoms with Crippen LogP contribution in [0.4, 0.5) is 0 Å². The summed E-state index contributed by atoms with van der Waals surface area (Å²) in [5.41, 5.74) is 0.760. The molecule has 1 aromatic rings. The lowest BCUT2D eigenvalue weighted by atomic mass is 9.97. The summed E-state index contributed by atoms with van der Waals surface area (Å²) in [4.78, 5) is 0. The summed E-state index contributed by atoms with van der Waals surface area (Å²) >= 11 is 0. The molecule has 0 fully saturated rings. The molecule has 0 heterocycles. The van der Waals surface area contributed by atoms with Gasteiger partial charge in [-0.15, -0.1) is 0 Å². The van der Waals surface area contributed by atoms with E-state index in [4.69, 9.17) is 12.6 Å². The highest BCUT2D eigenvalue weighted by Crippen LogP contribution is 2.04. The van der Waals surface area contributed by atoms with Gasteiger partial charge < -0.3 is 4.74 Å². The highest BCUT2D eigenvalue weighted by Gasteiger charge is 1.85. The molecule has 0 aromatic heterocycles. The predicted molar refractivity (Wildman–Crippen MR) is 38.4 cm³/mol. The Hall–Kier alpha value is -0.915. The van der Waals surface area contributed by atoms with Crippen LogP contribution in [0, 0.1) is 0 Å². The summed E-state index contributed by atoms with van der Waals surface area (Å²) < 4.78 is 4.91. The predicted octanol–water partition coefficient (Wildman–Crippen LogP) is 0.489. The monoisotopic (exact) mass is 118 g/mol. The van der Waals surface area contributed by atoms with Crippen molar-refractivity contribution in [2.24, 2.45) is 0 Å². The number of methoxy groups -OCH3 is 1. The van der Waals surface area contributed by atoms with Gasteiger partial charge in [-0.1, -0.05) is 17.6 Å². The van der Waals surface area contributed by atoms with E-state index in [1.807, 2.05) is 12.1 Å². The van der Waals surface area contributed by atoms with Crippen LogP contribution in [0.3, 0.4) is 0 Å². The molecular weight excluding hydrogens is 111 g/mol. The van der Waals surface area contributed by atoms with E-state index in [1.54, 1.807) is 19.2 Å². The molecule has 0 spiro atoms. The Balaban J connectivity index is 2.88. The van der Waals surface area contributed by atoms with Crippen LogP contribution in [0.5, 0.6) is 5.75 Å². The molecular formula is C7H7BO. The first-order valence-electron chi connectivity index (χ1n) is 2.72. The Morgan fingerprint density at radius 1 is 1.22 bits per heavy atom. The lowest BCUT2D eigenvalue weighted by molar-refractivity contribution is 0.415. The molecule has 2 radical (unpaired) electrons. The summed E-state index contributed by atoms with van der Waals surface area (Å²) in [6, 6.07) is 7.27. The topological polar surface area (TPSA) is 9.23 Å². The normalized spacial score (nSPS) is 9.00. The van der Waals surface area contributed by atoms with Crippen molar-refractivity contribution in [1.82, 2.24) is 0 Å². The van der Waals surface area contributed by atoms with Gasteiger partial charge in [0.2, 0.25) is 0 Å². The van der Waals surface area contributed by atoms with Gasteiger partial charge in [0.15, 0.2) is 0 Å². The average molecular weight is 118 g/mol. The molecule has 44 valence electrons. The Morgan fingerprint density at radius 3 is 2.22 bits per heavy atom. The van der Waals surface area contributed by atoms with E-state index < -0.39 is 0 Å². The Morgan fingerprint density at radius 2 is 1.78 bits per heavy atom. The Kier molecular flexibility index (Phi) is 1.78. The zero-order chi connectivity index (χ0) is 6.69. The summed E-state index contributed by atoms with van der Waals surface area (Å²) in [7, 11) is 7.06. The Labute approximate surface area is 56.1 Å². The van der Waals surface area contributed by atoms with Gasteiger partial charge in [-0.2, -0.15) is 0 Å². The van der Waals surface area contributed by atoms with Crippen LogP contribution in [-0.2, 0) is 0 Å². The third-order valence-electron chi connectivity index (χ3n) is 1.12. The minimum Gasteiger partial charge on any atom is -0.497 e. The maximum Gasteiger partial charge on any atom is 0.118 e. The van der Waals surface area contributed by atoms with Crippen molar-refractivity contribution >= 4 is 13.3 Å². The number of ether oxygens (including phenoxy) is 1. The number of hydrogen-bond acceptors (Lipinski definition) is 1. The van der Waals surface area contributed by atoms with Gasteiger partial charge in [-0.3, -0.25) is 0 Å². The first kappa shape index (κ1) is 6.21. The summed E-state index contributed by atoms with van der Waals surface area (Å²) in [6.07, 6.45) is 0. The molecule has 0 N–H and O–H groups in total. The summed E-state index contributed by atoms with van der Waals surface area (Å²) in [6.45, 7) is 0. The van der Waals surface area contributed by atoms with Gasteiger partial charge in [0.1, 0.15) is 13.6 Å². The second-order valence-electron chi connectivity index (χ2n) is 1.77. The van der Waals surface area contributed by atoms with Crippen molar-refractivity contribution in [1.29, 1.82) is 0 Å². The highest BCUT2D eigenvalue weighted by molar-refractivity contribution is 6.32. The van der Waals surface area contributed by atoms with E-state index in [2.05, 4.69) is 0 Å². The van der Waals surface area contributed by atoms with Crippen LogP contribution >= 0.6 is 0 Å². The first-order chi connectivity index (χ1) is 4.33. The molecule has 0 aliphatic rings. The maximum atomic E-state index is 5.43. The summed E-state index contributed by atoms with van der Waals surface area (Å²) in [5.74, 6) is 0.837. The highest BCUT2D eigenvalue weighted by atomic mass is 16.5. The van der Waals surface area contributed by atoms with Crippen LogP contribution in [0.1, 0.15) is 0 Å².